The Morgan fingerprint density at radius 2 is 2.50 bits per heavy atom. The molecule has 1 radical (unpaired) electrons. The summed E-state index contributed by atoms with van der Waals surface area (Å²) in [5.74, 6) is 0. The first-order chi connectivity index (χ1) is 3.81. The molecule has 0 fully saturated rings. The molecule has 0 rings (SSSR count). The number of aliphatic hydroxyl groups excluding tert-OH is 1. The van der Waals surface area contributed by atoms with Crippen LogP contribution in [0.1, 0.15) is 6.92 Å². The Labute approximate surface area is 48.1 Å². The van der Waals surface area contributed by atoms with Crippen LogP contribution in [0, 0.1) is 0 Å². The number of aliphatic hydroxyl groups is 1. The van der Waals surface area contributed by atoms with Crippen molar-refractivity contribution in [2.45, 2.75) is 6.92 Å². The summed E-state index contributed by atoms with van der Waals surface area (Å²) in [4.78, 5) is 3.48. The summed E-state index contributed by atoms with van der Waals surface area (Å²) in [5, 5.41) is 17.7. The molecule has 0 atom stereocenters. The molecule has 0 saturated heterocycles. The van der Waals surface area contributed by atoms with Crippen LogP contribution in [0.25, 0.3) is 0 Å². The van der Waals surface area contributed by atoms with E-state index in [9.17, 15) is 5.26 Å². The van der Waals surface area contributed by atoms with Gasteiger partial charge in [0.05, 0.1) is 6.61 Å². The zero-order valence-corrected chi connectivity index (χ0v) is 4.76. The SMILES string of the molecule is C/C(=C/CO[O])CO. The summed E-state index contributed by atoms with van der Waals surface area (Å²) < 4.78 is 0. The molecular formula is C5H9O3. The van der Waals surface area contributed by atoms with Crippen molar-refractivity contribution in [1.82, 2.24) is 0 Å². The summed E-state index contributed by atoms with van der Waals surface area (Å²) >= 11 is 0. The number of hydrogen-bond donors (Lipinski definition) is 1. The van der Waals surface area contributed by atoms with Crippen LogP contribution < -0.4 is 0 Å². The van der Waals surface area contributed by atoms with Crippen LogP contribution in [0.4, 0.5) is 0 Å². The third-order valence-corrected chi connectivity index (χ3v) is 0.749. The van der Waals surface area contributed by atoms with Gasteiger partial charge in [0.25, 0.3) is 0 Å². The largest absolute Gasteiger partial charge is 0.392 e. The predicted molar refractivity (Wildman–Crippen MR) is 27.5 cm³/mol. The van der Waals surface area contributed by atoms with Gasteiger partial charge in [0.15, 0.2) is 0 Å². The quantitative estimate of drug-likeness (QED) is 0.328. The minimum Gasteiger partial charge on any atom is -0.392 e. The Hall–Kier alpha value is -0.380. The molecule has 0 bridgehead atoms. The minimum absolute atomic E-state index is 0.0106. The van der Waals surface area contributed by atoms with Gasteiger partial charge in [-0.2, -0.15) is 4.89 Å². The topological polar surface area (TPSA) is 49.4 Å². The van der Waals surface area contributed by atoms with Gasteiger partial charge in [-0.05, 0) is 17.8 Å². The first-order valence-corrected chi connectivity index (χ1v) is 2.32. The summed E-state index contributed by atoms with van der Waals surface area (Å²) in [7, 11) is 0. The molecular weight excluding hydrogens is 108 g/mol. The summed E-state index contributed by atoms with van der Waals surface area (Å²) in [6, 6.07) is 0. The second-order valence-corrected chi connectivity index (χ2v) is 1.49. The third-order valence-electron chi connectivity index (χ3n) is 0.749. The lowest BCUT2D eigenvalue weighted by Gasteiger charge is -1.89. The number of rotatable bonds is 3. The zero-order chi connectivity index (χ0) is 6.41. The van der Waals surface area contributed by atoms with E-state index >= 15 is 0 Å². The van der Waals surface area contributed by atoms with Gasteiger partial charge in [-0.3, -0.25) is 0 Å². The third kappa shape index (κ3) is 3.80. The van der Waals surface area contributed by atoms with Crippen molar-refractivity contribution in [1.29, 1.82) is 0 Å². The maximum Gasteiger partial charge on any atom is 0.104 e. The van der Waals surface area contributed by atoms with Gasteiger partial charge in [0.1, 0.15) is 6.61 Å². The lowest BCUT2D eigenvalue weighted by atomic mass is 10.3. The summed E-state index contributed by atoms with van der Waals surface area (Å²) in [6.45, 7) is 1.74. The normalized spacial score (nSPS) is 12.1. The lowest BCUT2D eigenvalue weighted by Crippen LogP contribution is -1.87. The summed E-state index contributed by atoms with van der Waals surface area (Å²) in [5.41, 5.74) is 0.751. The van der Waals surface area contributed by atoms with Gasteiger partial charge in [-0.25, -0.2) is 0 Å². The lowest BCUT2D eigenvalue weighted by molar-refractivity contribution is -0.294. The highest BCUT2D eigenvalue weighted by atomic mass is 17.1. The molecule has 0 spiro atoms. The fourth-order valence-corrected chi connectivity index (χ4v) is 0.241. The van der Waals surface area contributed by atoms with Crippen molar-refractivity contribution >= 4 is 0 Å². The second kappa shape index (κ2) is 4.77. The molecule has 0 aromatic rings. The Morgan fingerprint density at radius 1 is 1.88 bits per heavy atom. The summed E-state index contributed by atoms with van der Waals surface area (Å²) in [6.07, 6.45) is 1.53. The molecule has 0 aromatic heterocycles. The van der Waals surface area contributed by atoms with Crippen LogP contribution in [0.3, 0.4) is 0 Å². The zero-order valence-electron chi connectivity index (χ0n) is 4.76. The van der Waals surface area contributed by atoms with Gasteiger partial charge in [-0.15, -0.1) is 0 Å². The fraction of sp³-hybridized carbons (Fsp3) is 0.600. The molecule has 3 heteroatoms. The van der Waals surface area contributed by atoms with E-state index in [0.717, 1.165) is 5.57 Å². The second-order valence-electron chi connectivity index (χ2n) is 1.49. The first-order valence-electron chi connectivity index (χ1n) is 2.32. The van der Waals surface area contributed by atoms with Crippen LogP contribution in [0.5, 0.6) is 0 Å². The highest BCUT2D eigenvalue weighted by Crippen LogP contribution is 1.87. The average Bonchev–Trinajstić information content (AvgIpc) is 1.83. The molecule has 1 N–H and O–H groups in total. The first kappa shape index (κ1) is 7.62. The molecule has 0 heterocycles. The van der Waals surface area contributed by atoms with E-state index in [1.807, 2.05) is 0 Å². The fourth-order valence-electron chi connectivity index (χ4n) is 0.241. The van der Waals surface area contributed by atoms with E-state index in [2.05, 4.69) is 4.89 Å². The molecule has 0 aromatic carbocycles. The van der Waals surface area contributed by atoms with Crippen LogP contribution in [-0.2, 0) is 10.1 Å². The van der Waals surface area contributed by atoms with Crippen molar-refractivity contribution in [3.05, 3.63) is 11.6 Å². The maximum absolute atomic E-state index is 9.32. The minimum atomic E-state index is -0.0106. The molecule has 47 valence electrons. The molecule has 0 aliphatic heterocycles. The molecule has 0 amide bonds. The van der Waals surface area contributed by atoms with Gasteiger partial charge in [0, 0.05) is 0 Å². The van der Waals surface area contributed by atoms with E-state index in [1.165, 1.54) is 6.08 Å². The van der Waals surface area contributed by atoms with E-state index in [0.29, 0.717) is 0 Å². The highest BCUT2D eigenvalue weighted by Gasteiger charge is 1.82. The van der Waals surface area contributed by atoms with E-state index in [1.54, 1.807) is 6.92 Å². The van der Waals surface area contributed by atoms with Crippen molar-refractivity contribution < 1.29 is 15.3 Å². The maximum atomic E-state index is 9.32. The Morgan fingerprint density at radius 3 is 2.88 bits per heavy atom. The molecule has 0 saturated carbocycles. The van der Waals surface area contributed by atoms with Crippen molar-refractivity contribution in [3.8, 4) is 0 Å². The van der Waals surface area contributed by atoms with Crippen LogP contribution in [-0.4, -0.2) is 18.3 Å². The van der Waals surface area contributed by atoms with Gasteiger partial charge < -0.3 is 5.11 Å². The monoisotopic (exact) mass is 117 g/mol. The van der Waals surface area contributed by atoms with Gasteiger partial charge in [0.2, 0.25) is 0 Å². The van der Waals surface area contributed by atoms with Crippen molar-refractivity contribution in [2.75, 3.05) is 13.2 Å². The van der Waals surface area contributed by atoms with E-state index in [4.69, 9.17) is 5.11 Å². The molecule has 8 heavy (non-hydrogen) atoms. The van der Waals surface area contributed by atoms with E-state index < -0.39 is 0 Å². The standard InChI is InChI=1S/C5H9O3/c1-5(4-6)2-3-8-7/h2,6H,3-4H2,1H3/b5-2-. The highest BCUT2D eigenvalue weighted by molar-refractivity contribution is 4.97. The van der Waals surface area contributed by atoms with E-state index in [-0.39, 0.29) is 13.2 Å². The van der Waals surface area contributed by atoms with Crippen molar-refractivity contribution in [2.24, 2.45) is 0 Å². The van der Waals surface area contributed by atoms with Crippen molar-refractivity contribution in [3.63, 3.8) is 0 Å². The molecule has 0 aliphatic rings. The number of hydrogen-bond acceptors (Lipinski definition) is 2. The van der Waals surface area contributed by atoms with Crippen LogP contribution >= 0.6 is 0 Å². The molecule has 0 aliphatic carbocycles. The smallest absolute Gasteiger partial charge is 0.104 e. The molecule has 3 nitrogen and oxygen atoms in total. The Balaban J connectivity index is 3.26. The van der Waals surface area contributed by atoms with Crippen LogP contribution in [0.2, 0.25) is 0 Å². The Bertz CT molecular complexity index is 77.7. The van der Waals surface area contributed by atoms with Gasteiger partial charge >= 0.3 is 0 Å². The Kier molecular flexibility index (Phi) is 4.54. The predicted octanol–water partition coefficient (Wildman–Crippen LogP) is 0.287. The van der Waals surface area contributed by atoms with Gasteiger partial charge in [-0.1, -0.05) is 6.08 Å². The molecule has 0 unspecified atom stereocenters. The average molecular weight is 117 g/mol. The van der Waals surface area contributed by atoms with Crippen LogP contribution in [0.15, 0.2) is 11.6 Å².